The summed E-state index contributed by atoms with van der Waals surface area (Å²) in [5.41, 5.74) is -0.739. The number of halogens is 4. The number of hydrogen-bond acceptors (Lipinski definition) is 3. The van der Waals surface area contributed by atoms with E-state index in [0.717, 1.165) is 19.2 Å². The first-order chi connectivity index (χ1) is 9.77. The van der Waals surface area contributed by atoms with Gasteiger partial charge in [0.15, 0.2) is 0 Å². The van der Waals surface area contributed by atoms with Crippen LogP contribution in [0.3, 0.4) is 0 Å². The van der Waals surface area contributed by atoms with E-state index in [0.29, 0.717) is 19.3 Å². The predicted molar refractivity (Wildman–Crippen MR) is 72.0 cm³/mol. The van der Waals surface area contributed by atoms with Crippen LogP contribution in [0.25, 0.3) is 0 Å². The highest BCUT2D eigenvalue weighted by atomic mass is 35.5. The number of aromatic nitrogens is 1. The molecule has 1 fully saturated rings. The van der Waals surface area contributed by atoms with E-state index < -0.39 is 11.7 Å². The Morgan fingerprint density at radius 3 is 2.48 bits per heavy atom. The standard InChI is InChI=1S/C13H15ClF3N3O/c1-19-2-4-20(5-3-19)12(21)7-11-10(14)6-9(8-18-11)13(15,16)17/h6,8H,2-5,7H2,1H3. The monoisotopic (exact) mass is 321 g/mol. The second-order valence-corrected chi connectivity index (χ2v) is 5.42. The van der Waals surface area contributed by atoms with Crippen molar-refractivity contribution in [3.63, 3.8) is 0 Å². The number of rotatable bonds is 2. The lowest BCUT2D eigenvalue weighted by Gasteiger charge is -2.32. The first-order valence-electron chi connectivity index (χ1n) is 6.45. The summed E-state index contributed by atoms with van der Waals surface area (Å²) >= 11 is 5.80. The van der Waals surface area contributed by atoms with Crippen molar-refractivity contribution in [2.45, 2.75) is 12.6 Å². The molecule has 2 rings (SSSR count). The van der Waals surface area contributed by atoms with Crippen LogP contribution in [0.4, 0.5) is 13.2 Å². The van der Waals surface area contributed by atoms with Crippen molar-refractivity contribution in [2.75, 3.05) is 33.2 Å². The number of amides is 1. The maximum absolute atomic E-state index is 12.5. The third-order valence-corrected chi connectivity index (χ3v) is 3.75. The van der Waals surface area contributed by atoms with Crippen molar-refractivity contribution in [3.05, 3.63) is 28.5 Å². The van der Waals surface area contributed by atoms with Gasteiger partial charge in [-0.15, -0.1) is 0 Å². The van der Waals surface area contributed by atoms with Crippen LogP contribution in [0.2, 0.25) is 5.02 Å². The summed E-state index contributed by atoms with van der Waals surface area (Å²) in [6.07, 6.45) is -3.87. The molecule has 0 N–H and O–H groups in total. The molecule has 1 aliphatic heterocycles. The summed E-state index contributed by atoms with van der Waals surface area (Å²) in [5.74, 6) is -0.169. The zero-order chi connectivity index (χ0) is 15.6. The van der Waals surface area contributed by atoms with Crippen molar-refractivity contribution >= 4 is 17.5 Å². The molecule has 4 nitrogen and oxygen atoms in total. The molecule has 1 saturated heterocycles. The number of carbonyl (C=O) groups is 1. The van der Waals surface area contributed by atoms with E-state index in [-0.39, 0.29) is 23.0 Å². The lowest BCUT2D eigenvalue weighted by Crippen LogP contribution is -2.47. The lowest BCUT2D eigenvalue weighted by molar-refractivity contribution is -0.137. The molecular weight excluding hydrogens is 307 g/mol. The largest absolute Gasteiger partial charge is 0.417 e. The molecule has 1 amide bonds. The maximum Gasteiger partial charge on any atom is 0.417 e. The zero-order valence-electron chi connectivity index (χ0n) is 11.5. The van der Waals surface area contributed by atoms with Gasteiger partial charge >= 0.3 is 6.18 Å². The van der Waals surface area contributed by atoms with Crippen molar-refractivity contribution < 1.29 is 18.0 Å². The van der Waals surface area contributed by atoms with E-state index in [9.17, 15) is 18.0 Å². The van der Waals surface area contributed by atoms with E-state index in [1.54, 1.807) is 4.90 Å². The summed E-state index contributed by atoms with van der Waals surface area (Å²) in [6.45, 7) is 2.76. The molecular formula is C13H15ClF3N3O. The molecule has 0 atom stereocenters. The molecule has 21 heavy (non-hydrogen) atoms. The number of nitrogens with zero attached hydrogens (tertiary/aromatic N) is 3. The fourth-order valence-corrected chi connectivity index (χ4v) is 2.30. The third-order valence-electron chi connectivity index (χ3n) is 3.42. The van der Waals surface area contributed by atoms with Gasteiger partial charge in [0.05, 0.1) is 22.7 Å². The van der Waals surface area contributed by atoms with E-state index in [2.05, 4.69) is 9.88 Å². The molecule has 0 spiro atoms. The predicted octanol–water partition coefficient (Wildman–Crippen LogP) is 2.07. The van der Waals surface area contributed by atoms with Gasteiger partial charge in [-0.25, -0.2) is 0 Å². The normalized spacial score (nSPS) is 17.1. The van der Waals surface area contributed by atoms with Gasteiger partial charge in [0.1, 0.15) is 0 Å². The Morgan fingerprint density at radius 1 is 1.33 bits per heavy atom. The molecule has 0 bridgehead atoms. The number of likely N-dealkylation sites (N-methyl/N-ethyl adjacent to an activating group) is 1. The first kappa shape index (κ1) is 16.0. The maximum atomic E-state index is 12.5. The molecule has 0 aromatic carbocycles. The van der Waals surface area contributed by atoms with Crippen molar-refractivity contribution in [3.8, 4) is 0 Å². The van der Waals surface area contributed by atoms with Gasteiger partial charge in [0, 0.05) is 32.4 Å². The Balaban J connectivity index is 2.04. The van der Waals surface area contributed by atoms with Gasteiger partial charge in [-0.3, -0.25) is 9.78 Å². The molecule has 0 saturated carbocycles. The van der Waals surface area contributed by atoms with Gasteiger partial charge < -0.3 is 9.80 Å². The smallest absolute Gasteiger partial charge is 0.340 e. The van der Waals surface area contributed by atoms with Gasteiger partial charge in [-0.05, 0) is 13.1 Å². The van der Waals surface area contributed by atoms with Crippen LogP contribution in [0.1, 0.15) is 11.3 Å². The minimum Gasteiger partial charge on any atom is -0.340 e. The average molecular weight is 322 g/mol. The van der Waals surface area contributed by atoms with Crippen LogP contribution < -0.4 is 0 Å². The first-order valence-corrected chi connectivity index (χ1v) is 6.83. The van der Waals surface area contributed by atoms with Gasteiger partial charge in [-0.2, -0.15) is 13.2 Å². The minimum absolute atomic E-state index is 0.0827. The minimum atomic E-state index is -4.49. The van der Waals surface area contributed by atoms with Crippen LogP contribution in [-0.2, 0) is 17.4 Å². The molecule has 2 heterocycles. The quantitative estimate of drug-likeness (QED) is 0.836. The fraction of sp³-hybridized carbons (Fsp3) is 0.538. The van der Waals surface area contributed by atoms with E-state index in [1.807, 2.05) is 7.05 Å². The molecule has 1 aromatic rings. The number of pyridine rings is 1. The summed E-state index contributed by atoms with van der Waals surface area (Å²) < 4.78 is 37.5. The van der Waals surface area contributed by atoms with Crippen LogP contribution in [0, 0.1) is 0 Å². The number of piperazine rings is 1. The fourth-order valence-electron chi connectivity index (χ4n) is 2.06. The summed E-state index contributed by atoms with van der Waals surface area (Å²) in [7, 11) is 1.97. The van der Waals surface area contributed by atoms with Crippen LogP contribution >= 0.6 is 11.6 Å². The lowest BCUT2D eigenvalue weighted by atomic mass is 10.2. The Labute approximate surface area is 125 Å². The van der Waals surface area contributed by atoms with E-state index in [1.165, 1.54) is 0 Å². The highest BCUT2D eigenvalue weighted by Crippen LogP contribution is 2.31. The molecule has 1 aliphatic rings. The Kier molecular flexibility index (Phi) is 4.73. The van der Waals surface area contributed by atoms with Gasteiger partial charge in [0.2, 0.25) is 5.91 Å². The number of carbonyl (C=O) groups excluding carboxylic acids is 1. The van der Waals surface area contributed by atoms with Gasteiger partial charge in [0.25, 0.3) is 0 Å². The Bertz CT molecular complexity index is 528. The molecule has 8 heteroatoms. The SMILES string of the molecule is CN1CCN(C(=O)Cc2ncc(C(F)(F)F)cc2Cl)CC1. The zero-order valence-corrected chi connectivity index (χ0v) is 12.2. The number of alkyl halides is 3. The van der Waals surface area contributed by atoms with E-state index in [4.69, 9.17) is 11.6 Å². The van der Waals surface area contributed by atoms with E-state index >= 15 is 0 Å². The third kappa shape index (κ3) is 4.07. The van der Waals surface area contributed by atoms with Crippen molar-refractivity contribution in [1.82, 2.24) is 14.8 Å². The topological polar surface area (TPSA) is 36.4 Å². The summed E-state index contributed by atoms with van der Waals surface area (Å²) in [6, 6.07) is 0.807. The van der Waals surface area contributed by atoms with Crippen molar-refractivity contribution in [1.29, 1.82) is 0 Å². The highest BCUT2D eigenvalue weighted by Gasteiger charge is 2.32. The van der Waals surface area contributed by atoms with Crippen LogP contribution in [-0.4, -0.2) is 53.9 Å². The molecule has 0 aliphatic carbocycles. The van der Waals surface area contributed by atoms with Gasteiger partial charge in [-0.1, -0.05) is 11.6 Å². The Hall–Kier alpha value is -1.34. The summed E-state index contributed by atoms with van der Waals surface area (Å²) in [5, 5.41) is -0.132. The molecule has 0 radical (unpaired) electrons. The Morgan fingerprint density at radius 2 is 1.95 bits per heavy atom. The second kappa shape index (κ2) is 6.19. The number of hydrogen-bond donors (Lipinski definition) is 0. The average Bonchev–Trinajstić information content (AvgIpc) is 2.40. The molecule has 116 valence electrons. The molecule has 1 aromatic heterocycles. The second-order valence-electron chi connectivity index (χ2n) is 5.01. The molecule has 0 unspecified atom stereocenters. The van der Waals surface area contributed by atoms with Crippen molar-refractivity contribution in [2.24, 2.45) is 0 Å². The highest BCUT2D eigenvalue weighted by molar-refractivity contribution is 6.31. The van der Waals surface area contributed by atoms with Crippen LogP contribution in [0.15, 0.2) is 12.3 Å². The van der Waals surface area contributed by atoms with Crippen LogP contribution in [0.5, 0.6) is 0 Å². The summed E-state index contributed by atoms with van der Waals surface area (Å²) in [4.78, 5) is 19.6.